The molecular formula is C38H38Cl2F2N8O9. The topological polar surface area (TPSA) is 264 Å². The third-order valence-corrected chi connectivity index (χ3v) is 8.91. The van der Waals surface area contributed by atoms with Crippen molar-refractivity contribution < 1.29 is 53.5 Å². The summed E-state index contributed by atoms with van der Waals surface area (Å²) in [6.45, 7) is 20.1. The first-order valence-electron chi connectivity index (χ1n) is 16.7. The van der Waals surface area contributed by atoms with Gasteiger partial charge in [-0.25, -0.2) is 29.1 Å². The minimum Gasteiger partial charge on any atom is -0.505 e. The van der Waals surface area contributed by atoms with Crippen LogP contribution in [-0.2, 0) is 9.59 Å². The maximum atomic E-state index is 13.3. The monoisotopic (exact) mass is 858 g/mol. The molecule has 59 heavy (non-hydrogen) atoms. The zero-order valence-corrected chi connectivity index (χ0v) is 32.9. The van der Waals surface area contributed by atoms with Gasteiger partial charge in [-0.05, 0) is 87.4 Å². The Hall–Kier alpha value is -6.74. The molecule has 0 spiro atoms. The lowest BCUT2D eigenvalue weighted by Gasteiger charge is -2.23. The molecule has 312 valence electrons. The van der Waals surface area contributed by atoms with E-state index in [4.69, 9.17) is 57.5 Å². The number of amides is 3. The van der Waals surface area contributed by atoms with Crippen molar-refractivity contribution in [1.82, 2.24) is 16.3 Å². The summed E-state index contributed by atoms with van der Waals surface area (Å²) in [4.78, 5) is 52.7. The number of phenolic OH excluding ortho intramolecular Hbond substituents is 2. The van der Waals surface area contributed by atoms with E-state index in [-0.39, 0.29) is 26.9 Å². The van der Waals surface area contributed by atoms with E-state index in [1.54, 1.807) is 26.0 Å². The standard InChI is InChI=1S/C19H18ClFN4O4.C12H13ClN2O3.C7H7FN2O2/c1-9-13(5-6-14(22-3)16(9)20)23-17(10(2)26)19(29)25-24-18(28)11-4-7-15(27)12(21)8-11;1-6-8(4-5-9(14-3)10(6)13)15-11(7(2)16)12(17)18;8-5-3-4(7(12)10-9)1-2-6(5)11/h4-8,10,17,23,26-27H,1-2H3,(H,24,28)(H,25,29);4-5,7,11,15-16H,1-2H3,(H,17,18);1-3,11H,9H2,(H,10,12)/t10-,17+;7-,11+;/m00./s1. The number of aliphatic hydroxyl groups is 2. The first-order chi connectivity index (χ1) is 27.7. The Morgan fingerprint density at radius 2 is 1.10 bits per heavy atom. The lowest BCUT2D eigenvalue weighted by Crippen LogP contribution is -2.52. The number of hydrogen-bond acceptors (Lipinski definition) is 11. The predicted octanol–water partition coefficient (Wildman–Crippen LogP) is 5.25. The highest BCUT2D eigenvalue weighted by Gasteiger charge is 2.26. The summed E-state index contributed by atoms with van der Waals surface area (Å²) in [6.07, 6.45) is -2.21. The van der Waals surface area contributed by atoms with Gasteiger partial charge in [0.1, 0.15) is 6.04 Å². The van der Waals surface area contributed by atoms with E-state index >= 15 is 0 Å². The van der Waals surface area contributed by atoms with Crippen molar-refractivity contribution >= 4 is 69.6 Å². The number of aromatic hydroxyl groups is 2. The molecule has 0 aliphatic carbocycles. The van der Waals surface area contributed by atoms with Crippen LogP contribution in [0.25, 0.3) is 9.69 Å². The van der Waals surface area contributed by atoms with Crippen LogP contribution in [0.15, 0.2) is 60.7 Å². The smallest absolute Gasteiger partial charge is 0.328 e. The van der Waals surface area contributed by atoms with Crippen molar-refractivity contribution in [3.8, 4) is 11.5 Å². The van der Waals surface area contributed by atoms with Crippen LogP contribution in [0.4, 0.5) is 31.5 Å². The van der Waals surface area contributed by atoms with E-state index in [1.165, 1.54) is 38.1 Å². The number of hydrazine groups is 2. The highest BCUT2D eigenvalue weighted by Crippen LogP contribution is 2.34. The van der Waals surface area contributed by atoms with Crippen molar-refractivity contribution in [1.29, 1.82) is 0 Å². The number of carbonyl (C=O) groups is 4. The van der Waals surface area contributed by atoms with Gasteiger partial charge in [-0.2, -0.15) is 0 Å². The van der Waals surface area contributed by atoms with Gasteiger partial charge < -0.3 is 36.2 Å². The fourth-order valence-corrected chi connectivity index (χ4v) is 5.02. The third-order valence-electron chi connectivity index (χ3n) is 7.96. The molecule has 0 fully saturated rings. The molecule has 3 amide bonds. The van der Waals surface area contributed by atoms with Crippen molar-refractivity contribution in [2.45, 2.75) is 52.0 Å². The second kappa shape index (κ2) is 22.3. The summed E-state index contributed by atoms with van der Waals surface area (Å²) in [7, 11) is 0. The lowest BCUT2D eigenvalue weighted by molar-refractivity contribution is -0.140. The van der Waals surface area contributed by atoms with Gasteiger partial charge >= 0.3 is 5.97 Å². The van der Waals surface area contributed by atoms with E-state index in [0.717, 1.165) is 24.3 Å². The van der Waals surface area contributed by atoms with Crippen LogP contribution >= 0.6 is 23.2 Å². The van der Waals surface area contributed by atoms with Gasteiger partial charge in [0.15, 0.2) is 29.2 Å². The predicted molar refractivity (Wildman–Crippen MR) is 214 cm³/mol. The van der Waals surface area contributed by atoms with Crippen LogP contribution in [0.1, 0.15) is 45.7 Å². The molecule has 21 heteroatoms. The number of carboxylic acid groups (broad SMARTS) is 1. The van der Waals surface area contributed by atoms with Gasteiger partial charge in [0.25, 0.3) is 17.7 Å². The Morgan fingerprint density at radius 1 is 0.695 bits per heavy atom. The Kier molecular flexibility index (Phi) is 18.3. The molecule has 0 heterocycles. The highest BCUT2D eigenvalue weighted by molar-refractivity contribution is 6.35. The number of hydrogen-bond donors (Lipinski definition) is 11. The minimum absolute atomic E-state index is 0.0628. The number of phenols is 2. The molecule has 0 aliphatic heterocycles. The molecule has 0 unspecified atom stereocenters. The van der Waals surface area contributed by atoms with Crippen LogP contribution in [-0.4, -0.2) is 73.5 Å². The number of rotatable bonds is 10. The van der Waals surface area contributed by atoms with Crippen molar-refractivity contribution in [2.24, 2.45) is 5.84 Å². The lowest BCUT2D eigenvalue weighted by atomic mass is 10.1. The summed E-state index contributed by atoms with van der Waals surface area (Å²) in [5.74, 6) is -1.48. The number of nitrogens with zero attached hydrogens (tertiary/aromatic N) is 2. The van der Waals surface area contributed by atoms with E-state index < -0.39 is 71.1 Å². The number of carbonyl (C=O) groups excluding carboxylic acids is 3. The Morgan fingerprint density at radius 3 is 1.46 bits per heavy atom. The van der Waals surface area contributed by atoms with Crippen LogP contribution in [0.2, 0.25) is 10.0 Å². The summed E-state index contributed by atoms with van der Waals surface area (Å²) in [5.41, 5.74) is 8.60. The molecule has 0 aliphatic rings. The summed E-state index contributed by atoms with van der Waals surface area (Å²) in [5, 5.41) is 52.2. The minimum atomic E-state index is -1.17. The van der Waals surface area contributed by atoms with Crippen LogP contribution in [0.3, 0.4) is 0 Å². The number of carboxylic acids is 1. The molecule has 4 atom stereocenters. The molecule has 0 bridgehead atoms. The van der Waals surface area contributed by atoms with Crippen LogP contribution < -0.4 is 32.8 Å². The van der Waals surface area contributed by atoms with Gasteiger partial charge in [0, 0.05) is 22.5 Å². The Balaban J connectivity index is 0.000000339. The quantitative estimate of drug-likeness (QED) is 0.0423. The zero-order valence-electron chi connectivity index (χ0n) is 31.4. The normalized spacial score (nSPS) is 12.2. The molecule has 0 aromatic heterocycles. The summed E-state index contributed by atoms with van der Waals surface area (Å²) < 4.78 is 26.0. The first kappa shape index (κ1) is 48.4. The second-order valence-electron chi connectivity index (χ2n) is 12.2. The number of nitrogens with one attached hydrogen (secondary N) is 5. The fourth-order valence-electron chi connectivity index (χ4n) is 4.60. The van der Waals surface area contributed by atoms with Crippen molar-refractivity contribution in [3.05, 3.63) is 127 Å². The van der Waals surface area contributed by atoms with E-state index in [0.29, 0.717) is 28.2 Å². The molecule has 0 radical (unpaired) electrons. The average Bonchev–Trinajstić information content (AvgIpc) is 3.19. The molecule has 12 N–H and O–H groups in total. The molecule has 17 nitrogen and oxygen atoms in total. The number of anilines is 2. The molecular weight excluding hydrogens is 821 g/mol. The van der Waals surface area contributed by atoms with Gasteiger partial charge in [0.2, 0.25) is 11.4 Å². The SMILES string of the molecule is NNC(=O)c1ccc(O)c(F)c1.[C-]#[N+]c1ccc(N[C@@H](C(=O)NNC(=O)c2ccc(O)c(F)c2)[C@H](C)O)c(C)c1Cl.[C-]#[N+]c1ccc(N[C@@H](C(=O)O)[C@H](C)O)c(C)c1Cl. The summed E-state index contributed by atoms with van der Waals surface area (Å²) >= 11 is 12.1. The molecule has 0 saturated heterocycles. The Bertz CT molecular complexity index is 2290. The largest absolute Gasteiger partial charge is 0.505 e. The molecule has 4 aromatic carbocycles. The van der Waals surface area contributed by atoms with E-state index in [1.807, 2.05) is 5.43 Å². The van der Waals surface area contributed by atoms with Gasteiger partial charge in [0.05, 0.1) is 35.4 Å². The van der Waals surface area contributed by atoms with Crippen LogP contribution in [0, 0.1) is 38.6 Å². The maximum absolute atomic E-state index is 13.3. The van der Waals surface area contributed by atoms with E-state index in [2.05, 4.69) is 31.2 Å². The average molecular weight is 860 g/mol. The van der Waals surface area contributed by atoms with Gasteiger partial charge in [-0.1, -0.05) is 35.3 Å². The van der Waals surface area contributed by atoms with Gasteiger partial charge in [-0.15, -0.1) is 0 Å². The highest BCUT2D eigenvalue weighted by atomic mass is 35.5. The molecule has 0 saturated carbocycles. The number of halogens is 4. The maximum Gasteiger partial charge on any atom is 0.328 e. The zero-order chi connectivity index (χ0) is 44.7. The number of nitrogen functional groups attached to an aromatic ring is 1. The van der Waals surface area contributed by atoms with Gasteiger partial charge in [-0.3, -0.25) is 30.7 Å². The fraction of sp³-hybridized carbons (Fsp3) is 0.211. The second-order valence-corrected chi connectivity index (χ2v) is 12.9. The van der Waals surface area contributed by atoms with Crippen molar-refractivity contribution in [2.75, 3.05) is 10.6 Å². The molecule has 4 rings (SSSR count). The number of aliphatic carboxylic acids is 1. The molecule has 4 aromatic rings. The third kappa shape index (κ3) is 13.4. The van der Waals surface area contributed by atoms with Crippen molar-refractivity contribution in [3.63, 3.8) is 0 Å². The summed E-state index contributed by atoms with van der Waals surface area (Å²) in [6, 6.07) is 10.1. The first-order valence-corrected chi connectivity index (χ1v) is 17.5. The number of nitrogens with two attached hydrogens (primary N) is 1. The number of benzene rings is 4. The van der Waals surface area contributed by atoms with Crippen LogP contribution in [0.5, 0.6) is 11.5 Å². The Labute approximate surface area is 346 Å². The van der Waals surface area contributed by atoms with E-state index in [9.17, 15) is 38.2 Å². The number of aliphatic hydroxyl groups excluding tert-OH is 2.